The Bertz CT molecular complexity index is 1310. The van der Waals surface area contributed by atoms with E-state index in [9.17, 15) is 22.8 Å². The van der Waals surface area contributed by atoms with Crippen molar-refractivity contribution >= 4 is 33.5 Å². The summed E-state index contributed by atoms with van der Waals surface area (Å²) in [5, 5.41) is 2.13. The van der Waals surface area contributed by atoms with E-state index in [1.54, 1.807) is 43.6 Å². The predicted octanol–water partition coefficient (Wildman–Crippen LogP) is 1.97. The summed E-state index contributed by atoms with van der Waals surface area (Å²) in [6, 6.07) is 14.9. The second kappa shape index (κ2) is 10.2. The topological polar surface area (TPSA) is 124 Å². The number of sulfonamides is 1. The van der Waals surface area contributed by atoms with Gasteiger partial charge in [-0.2, -0.15) is 0 Å². The van der Waals surface area contributed by atoms with Gasteiger partial charge in [0.2, 0.25) is 0 Å². The van der Waals surface area contributed by atoms with E-state index >= 15 is 0 Å². The highest BCUT2D eigenvalue weighted by atomic mass is 32.2. The van der Waals surface area contributed by atoms with Gasteiger partial charge in [-0.15, -0.1) is 0 Å². The van der Waals surface area contributed by atoms with Crippen LogP contribution in [0.4, 0.5) is 5.69 Å². The summed E-state index contributed by atoms with van der Waals surface area (Å²) in [6.45, 7) is -0.675. The van der Waals surface area contributed by atoms with Gasteiger partial charge < -0.3 is 14.0 Å². The number of esters is 1. The van der Waals surface area contributed by atoms with Crippen molar-refractivity contribution in [3.63, 3.8) is 0 Å². The van der Waals surface area contributed by atoms with Gasteiger partial charge in [0.1, 0.15) is 11.4 Å². The predicted molar refractivity (Wildman–Crippen MR) is 123 cm³/mol. The Morgan fingerprint density at radius 2 is 1.68 bits per heavy atom. The molecule has 0 bridgehead atoms. The number of rotatable bonds is 8. The number of carbonyl (C=O) groups is 3. The number of carbonyl (C=O) groups excluding carboxylic acids is 3. The second-order valence-electron chi connectivity index (χ2n) is 7.13. The van der Waals surface area contributed by atoms with Gasteiger partial charge in [-0.25, -0.2) is 13.2 Å². The molecule has 0 saturated heterocycles. The van der Waals surface area contributed by atoms with Crippen LogP contribution in [0.15, 0.2) is 71.8 Å². The Balaban J connectivity index is 1.63. The molecule has 178 valence electrons. The van der Waals surface area contributed by atoms with E-state index in [4.69, 9.17) is 9.47 Å². The van der Waals surface area contributed by atoms with Crippen LogP contribution in [-0.4, -0.2) is 51.5 Å². The molecular formula is C23H23N3O7S. The zero-order valence-electron chi connectivity index (χ0n) is 18.7. The molecule has 2 amide bonds. The highest BCUT2D eigenvalue weighted by molar-refractivity contribution is 7.92. The van der Waals surface area contributed by atoms with E-state index in [2.05, 4.69) is 5.32 Å². The van der Waals surface area contributed by atoms with Crippen LogP contribution >= 0.6 is 0 Å². The van der Waals surface area contributed by atoms with Crippen molar-refractivity contribution in [1.29, 1.82) is 0 Å². The van der Waals surface area contributed by atoms with E-state index in [0.717, 1.165) is 4.31 Å². The largest absolute Gasteiger partial charge is 0.495 e. The minimum Gasteiger partial charge on any atom is -0.495 e. The summed E-state index contributed by atoms with van der Waals surface area (Å²) >= 11 is 0. The first-order valence-corrected chi connectivity index (χ1v) is 11.4. The van der Waals surface area contributed by atoms with Crippen molar-refractivity contribution in [1.82, 2.24) is 9.88 Å². The molecule has 1 N–H and O–H groups in total. The normalized spacial score (nSPS) is 10.9. The van der Waals surface area contributed by atoms with Crippen molar-refractivity contribution in [3.05, 3.63) is 78.1 Å². The van der Waals surface area contributed by atoms with Crippen LogP contribution in [0.25, 0.3) is 0 Å². The molecule has 3 rings (SSSR count). The average Bonchev–Trinajstić information content (AvgIpc) is 3.28. The standard InChI is InChI=1S/C23H23N3O7S/c1-25-14-6-8-19(25)22(28)24-21(27)15-33-23(29)16-10-12-17(13-11-16)34(30,31)26(2)18-7-4-5-9-20(18)32-3/h4-14H,15H2,1-3H3,(H,24,27,28). The third-order valence-electron chi connectivity index (χ3n) is 4.94. The van der Waals surface area contributed by atoms with Gasteiger partial charge >= 0.3 is 5.97 Å². The van der Waals surface area contributed by atoms with Crippen molar-refractivity contribution in [2.24, 2.45) is 7.05 Å². The van der Waals surface area contributed by atoms with E-state index in [0.29, 0.717) is 11.4 Å². The maximum Gasteiger partial charge on any atom is 0.338 e. The molecule has 3 aromatic rings. The number of para-hydroxylation sites is 2. The van der Waals surface area contributed by atoms with E-state index in [-0.39, 0.29) is 16.2 Å². The molecule has 0 aliphatic carbocycles. The molecule has 1 heterocycles. The molecule has 0 aliphatic heterocycles. The lowest BCUT2D eigenvalue weighted by molar-refractivity contribution is -0.123. The Morgan fingerprint density at radius 3 is 2.29 bits per heavy atom. The third kappa shape index (κ3) is 5.26. The number of hydrogen-bond donors (Lipinski definition) is 1. The first-order valence-electron chi connectivity index (χ1n) is 10.00. The molecule has 0 atom stereocenters. The molecule has 0 saturated carbocycles. The molecule has 0 aliphatic rings. The molecule has 10 nitrogen and oxygen atoms in total. The summed E-state index contributed by atoms with van der Waals surface area (Å²) in [5.74, 6) is -1.87. The van der Waals surface area contributed by atoms with Crippen LogP contribution < -0.4 is 14.4 Å². The number of anilines is 1. The van der Waals surface area contributed by atoms with E-state index in [1.165, 1.54) is 49.1 Å². The summed E-state index contributed by atoms with van der Waals surface area (Å²) in [5.41, 5.74) is 0.666. The maximum absolute atomic E-state index is 13.0. The molecular weight excluding hydrogens is 462 g/mol. The maximum atomic E-state index is 13.0. The summed E-state index contributed by atoms with van der Waals surface area (Å²) < 4.78 is 38.7. The van der Waals surface area contributed by atoms with E-state index in [1.807, 2.05) is 0 Å². The molecule has 34 heavy (non-hydrogen) atoms. The van der Waals surface area contributed by atoms with Crippen LogP contribution in [0, 0.1) is 0 Å². The molecule has 0 radical (unpaired) electrons. The molecule has 11 heteroatoms. The number of aryl methyl sites for hydroxylation is 1. The number of methoxy groups -OCH3 is 1. The second-order valence-corrected chi connectivity index (χ2v) is 9.10. The fourth-order valence-electron chi connectivity index (χ4n) is 3.08. The van der Waals surface area contributed by atoms with Crippen LogP contribution in [0.2, 0.25) is 0 Å². The lowest BCUT2D eigenvalue weighted by Crippen LogP contribution is -2.35. The SMILES string of the molecule is COc1ccccc1N(C)S(=O)(=O)c1ccc(C(=O)OCC(=O)NC(=O)c2cccn2C)cc1. The van der Waals surface area contributed by atoms with Crippen molar-refractivity contribution in [2.75, 3.05) is 25.1 Å². The van der Waals surface area contributed by atoms with Crippen LogP contribution in [-0.2, 0) is 26.6 Å². The lowest BCUT2D eigenvalue weighted by Gasteiger charge is -2.21. The number of ether oxygens (including phenoxy) is 2. The Hall–Kier alpha value is -4.12. The number of nitrogens with zero attached hydrogens (tertiary/aromatic N) is 2. The zero-order valence-corrected chi connectivity index (χ0v) is 19.5. The van der Waals surface area contributed by atoms with Crippen molar-refractivity contribution < 1.29 is 32.3 Å². The van der Waals surface area contributed by atoms with Crippen LogP contribution in [0.1, 0.15) is 20.8 Å². The van der Waals surface area contributed by atoms with Gasteiger partial charge in [0.05, 0.1) is 23.3 Å². The number of benzene rings is 2. The first kappa shape index (κ1) is 24.5. The third-order valence-corrected chi connectivity index (χ3v) is 6.72. The number of hydrogen-bond acceptors (Lipinski definition) is 7. The van der Waals surface area contributed by atoms with Gasteiger partial charge in [-0.05, 0) is 48.5 Å². The highest BCUT2D eigenvalue weighted by Crippen LogP contribution is 2.30. The number of aromatic nitrogens is 1. The van der Waals surface area contributed by atoms with Gasteiger partial charge in [-0.3, -0.25) is 19.2 Å². The summed E-state index contributed by atoms with van der Waals surface area (Å²) in [4.78, 5) is 36.1. The summed E-state index contributed by atoms with van der Waals surface area (Å²) in [7, 11) is 0.552. The number of amides is 2. The minimum atomic E-state index is -3.93. The van der Waals surface area contributed by atoms with Gasteiger partial charge in [0.15, 0.2) is 6.61 Å². The van der Waals surface area contributed by atoms with Crippen LogP contribution in [0.5, 0.6) is 5.75 Å². The van der Waals surface area contributed by atoms with Gasteiger partial charge in [0, 0.05) is 20.3 Å². The quantitative estimate of drug-likeness (QED) is 0.484. The molecule has 1 aromatic heterocycles. The molecule has 0 fully saturated rings. The zero-order chi connectivity index (χ0) is 24.9. The van der Waals surface area contributed by atoms with E-state index < -0.39 is 34.4 Å². The molecule has 0 spiro atoms. The smallest absolute Gasteiger partial charge is 0.338 e. The van der Waals surface area contributed by atoms with Gasteiger partial charge in [-0.1, -0.05) is 12.1 Å². The Morgan fingerprint density at radius 1 is 1.00 bits per heavy atom. The molecule has 2 aromatic carbocycles. The minimum absolute atomic E-state index is 0.0421. The number of nitrogens with one attached hydrogen (secondary N) is 1. The summed E-state index contributed by atoms with van der Waals surface area (Å²) in [6.07, 6.45) is 1.65. The monoisotopic (exact) mass is 485 g/mol. The fourth-order valence-corrected chi connectivity index (χ4v) is 4.28. The molecule has 0 unspecified atom stereocenters. The highest BCUT2D eigenvalue weighted by Gasteiger charge is 2.24. The van der Waals surface area contributed by atoms with Crippen molar-refractivity contribution in [2.45, 2.75) is 4.90 Å². The van der Waals surface area contributed by atoms with Crippen LogP contribution in [0.3, 0.4) is 0 Å². The Kier molecular flexibility index (Phi) is 7.37. The van der Waals surface area contributed by atoms with Gasteiger partial charge in [0.25, 0.3) is 21.8 Å². The lowest BCUT2D eigenvalue weighted by atomic mass is 10.2. The fraction of sp³-hybridized carbons (Fsp3) is 0.174. The number of imide groups is 1. The first-order chi connectivity index (χ1) is 16.1. The van der Waals surface area contributed by atoms with Crippen molar-refractivity contribution in [3.8, 4) is 5.75 Å². The Labute approximate surface area is 196 Å². The average molecular weight is 486 g/mol.